The molecular formula is C53H29N5O. The van der Waals surface area contributed by atoms with Gasteiger partial charge in [0.2, 0.25) is 5.89 Å². The molecule has 0 saturated carbocycles. The van der Waals surface area contributed by atoms with Crippen molar-refractivity contribution in [2.24, 2.45) is 0 Å². The topological polar surface area (TPSA) is 88.5 Å². The summed E-state index contributed by atoms with van der Waals surface area (Å²) in [6, 6.07) is 62.5. The monoisotopic (exact) mass is 751 g/mol. The van der Waals surface area contributed by atoms with E-state index in [1.165, 1.54) is 26.9 Å². The minimum absolute atomic E-state index is 0.497. The van der Waals surface area contributed by atoms with Gasteiger partial charge in [0, 0.05) is 33.0 Å². The van der Waals surface area contributed by atoms with Gasteiger partial charge in [0.05, 0.1) is 11.6 Å². The van der Waals surface area contributed by atoms with E-state index < -0.39 is 0 Å². The van der Waals surface area contributed by atoms with E-state index in [1.54, 1.807) is 6.07 Å². The molecule has 0 N–H and O–H groups in total. The van der Waals surface area contributed by atoms with Gasteiger partial charge in [-0.05, 0) is 96.3 Å². The van der Waals surface area contributed by atoms with Crippen LogP contribution in [0.2, 0.25) is 0 Å². The second kappa shape index (κ2) is 12.9. The fourth-order valence-electron chi connectivity index (χ4n) is 8.73. The third kappa shape index (κ3) is 5.26. The van der Waals surface area contributed by atoms with Gasteiger partial charge >= 0.3 is 0 Å². The van der Waals surface area contributed by atoms with Gasteiger partial charge in [-0.2, -0.15) is 5.26 Å². The van der Waals surface area contributed by atoms with Gasteiger partial charge in [0.25, 0.3) is 0 Å². The molecule has 0 fully saturated rings. The molecule has 0 bridgehead atoms. The van der Waals surface area contributed by atoms with Crippen LogP contribution in [-0.4, -0.2) is 19.9 Å². The Morgan fingerprint density at radius 1 is 0.373 bits per heavy atom. The third-order valence-electron chi connectivity index (χ3n) is 11.5. The van der Waals surface area contributed by atoms with Gasteiger partial charge in [-0.1, -0.05) is 133 Å². The molecular weight excluding hydrogens is 723 g/mol. The zero-order valence-corrected chi connectivity index (χ0v) is 31.4. The molecule has 12 aromatic rings. The van der Waals surface area contributed by atoms with Crippen molar-refractivity contribution in [3.05, 3.63) is 181 Å². The van der Waals surface area contributed by atoms with Crippen molar-refractivity contribution >= 4 is 75.7 Å². The molecule has 0 aliphatic carbocycles. The molecule has 6 nitrogen and oxygen atoms in total. The van der Waals surface area contributed by atoms with Crippen molar-refractivity contribution in [2.75, 3.05) is 0 Å². The van der Waals surface area contributed by atoms with Crippen molar-refractivity contribution < 1.29 is 4.42 Å². The summed E-state index contributed by atoms with van der Waals surface area (Å²) in [6.45, 7) is 0. The summed E-state index contributed by atoms with van der Waals surface area (Å²) in [5, 5.41) is 23.4. The highest BCUT2D eigenvalue weighted by Gasteiger charge is 2.18. The van der Waals surface area contributed by atoms with Gasteiger partial charge in [0.1, 0.15) is 5.52 Å². The van der Waals surface area contributed by atoms with Crippen LogP contribution in [0.5, 0.6) is 0 Å². The average molecular weight is 752 g/mol. The largest absolute Gasteiger partial charge is 0.435 e. The summed E-state index contributed by atoms with van der Waals surface area (Å²) in [5.41, 5.74) is 5.54. The van der Waals surface area contributed by atoms with Crippen LogP contribution in [0, 0.1) is 11.3 Å². The van der Waals surface area contributed by atoms with Crippen molar-refractivity contribution in [2.45, 2.75) is 0 Å². The quantitative estimate of drug-likeness (QED) is 0.166. The molecule has 2 heterocycles. The number of fused-ring (bicyclic) bond motifs is 13. The van der Waals surface area contributed by atoms with E-state index in [0.29, 0.717) is 28.9 Å². The molecule has 0 spiro atoms. The Bertz CT molecular complexity index is 3720. The zero-order chi connectivity index (χ0) is 39.0. The Labute approximate surface area is 337 Å². The molecule has 0 aliphatic heterocycles. The highest BCUT2D eigenvalue weighted by atomic mass is 16.3. The molecule has 0 aliphatic rings. The highest BCUT2D eigenvalue weighted by molar-refractivity contribution is 6.27. The summed E-state index contributed by atoms with van der Waals surface area (Å²) in [7, 11) is 0. The lowest BCUT2D eigenvalue weighted by atomic mass is 9.93. The molecule has 0 atom stereocenters. The number of benzene rings is 10. The maximum atomic E-state index is 9.78. The minimum atomic E-state index is 0.497. The first kappa shape index (κ1) is 32.9. The summed E-state index contributed by atoms with van der Waals surface area (Å²) in [6.07, 6.45) is 0. The Balaban J connectivity index is 1.06. The van der Waals surface area contributed by atoms with Gasteiger partial charge < -0.3 is 4.42 Å². The zero-order valence-electron chi connectivity index (χ0n) is 31.4. The Hall–Kier alpha value is -8.27. The number of hydrogen-bond donors (Lipinski definition) is 0. The third-order valence-corrected chi connectivity index (χ3v) is 11.5. The summed E-state index contributed by atoms with van der Waals surface area (Å²) in [4.78, 5) is 20.2. The fraction of sp³-hybridized carbons (Fsp3) is 0. The SMILES string of the molecule is N#Cc1cccc(-c2nc(-c3ccc4c(ccc5ccc6ccc7nc(-c8ccccc8)oc7c6c54)c3)nc(-c3ccc4c5ccccc5c5ccccc5c4c3)n2)c1. The van der Waals surface area contributed by atoms with E-state index in [1.807, 2.05) is 54.6 Å². The van der Waals surface area contributed by atoms with Crippen molar-refractivity contribution in [1.82, 2.24) is 19.9 Å². The lowest BCUT2D eigenvalue weighted by Crippen LogP contribution is -2.00. The maximum absolute atomic E-state index is 9.78. The number of rotatable bonds is 4. The van der Waals surface area contributed by atoms with Gasteiger partial charge in [0.15, 0.2) is 23.1 Å². The van der Waals surface area contributed by atoms with Crippen molar-refractivity contribution in [3.8, 4) is 51.7 Å². The first-order chi connectivity index (χ1) is 29.2. The van der Waals surface area contributed by atoms with Crippen molar-refractivity contribution in [3.63, 3.8) is 0 Å². The van der Waals surface area contributed by atoms with Crippen LogP contribution in [0.3, 0.4) is 0 Å². The van der Waals surface area contributed by atoms with Crippen LogP contribution in [0.1, 0.15) is 5.56 Å². The lowest BCUT2D eigenvalue weighted by molar-refractivity contribution is 0.623. The summed E-state index contributed by atoms with van der Waals surface area (Å²) in [5.74, 6) is 2.19. The number of nitrogens with zero attached hydrogens (tertiary/aromatic N) is 5. The average Bonchev–Trinajstić information content (AvgIpc) is 3.76. The standard InChI is InChI=1S/C53H29N5O/c54-30-31-9-8-12-36(27-31)50-56-51(58-52(57-50)38-22-25-44-42-15-5-4-13-40(42)41-14-6-7-16-43(41)45(44)29-38)37-21-24-39-35(28-37)20-19-32-17-18-33-23-26-46-49(48(33)47(32)39)59-53(55-46)34-10-2-1-3-11-34/h1-29H. The van der Waals surface area contributed by atoms with Gasteiger partial charge in [-0.15, -0.1) is 0 Å². The van der Waals surface area contributed by atoms with E-state index in [2.05, 4.69) is 121 Å². The lowest BCUT2D eigenvalue weighted by Gasteiger charge is -2.13. The predicted octanol–water partition coefficient (Wildman–Crippen LogP) is 13.5. The van der Waals surface area contributed by atoms with E-state index in [4.69, 9.17) is 24.4 Å². The van der Waals surface area contributed by atoms with E-state index in [0.717, 1.165) is 71.1 Å². The van der Waals surface area contributed by atoms with Crippen LogP contribution >= 0.6 is 0 Å². The number of hydrogen-bond acceptors (Lipinski definition) is 6. The van der Waals surface area contributed by atoms with Crippen LogP contribution < -0.4 is 0 Å². The second-order valence-corrected chi connectivity index (χ2v) is 14.9. The van der Waals surface area contributed by atoms with Crippen LogP contribution in [0.15, 0.2) is 180 Å². The van der Waals surface area contributed by atoms with Crippen LogP contribution in [0.25, 0.3) is 121 Å². The number of oxazole rings is 1. The molecule has 272 valence electrons. The molecule has 10 aromatic carbocycles. The minimum Gasteiger partial charge on any atom is -0.435 e. The number of aromatic nitrogens is 4. The highest BCUT2D eigenvalue weighted by Crippen LogP contribution is 2.40. The molecule has 12 rings (SSSR count). The van der Waals surface area contributed by atoms with Crippen molar-refractivity contribution in [1.29, 1.82) is 5.26 Å². The Morgan fingerprint density at radius 3 is 1.58 bits per heavy atom. The van der Waals surface area contributed by atoms with Gasteiger partial charge in [-0.25, -0.2) is 19.9 Å². The molecule has 0 saturated heterocycles. The predicted molar refractivity (Wildman–Crippen MR) is 239 cm³/mol. The smallest absolute Gasteiger partial charge is 0.227 e. The Morgan fingerprint density at radius 2 is 0.898 bits per heavy atom. The van der Waals surface area contributed by atoms with Gasteiger partial charge in [-0.3, -0.25) is 0 Å². The molecule has 6 heteroatoms. The van der Waals surface area contributed by atoms with Crippen LogP contribution in [-0.2, 0) is 0 Å². The first-order valence-corrected chi connectivity index (χ1v) is 19.5. The fourth-order valence-corrected chi connectivity index (χ4v) is 8.73. The normalized spacial score (nSPS) is 11.7. The second-order valence-electron chi connectivity index (χ2n) is 14.9. The Kier molecular flexibility index (Phi) is 7.19. The molecule has 2 aromatic heterocycles. The number of nitriles is 1. The molecule has 59 heavy (non-hydrogen) atoms. The van der Waals surface area contributed by atoms with E-state index >= 15 is 0 Å². The first-order valence-electron chi connectivity index (χ1n) is 19.5. The summed E-state index contributed by atoms with van der Waals surface area (Å²) >= 11 is 0. The maximum Gasteiger partial charge on any atom is 0.227 e. The molecule has 0 unspecified atom stereocenters. The van der Waals surface area contributed by atoms with E-state index in [9.17, 15) is 5.26 Å². The molecule has 0 amide bonds. The van der Waals surface area contributed by atoms with Crippen LogP contribution in [0.4, 0.5) is 0 Å². The molecule has 0 radical (unpaired) electrons. The summed E-state index contributed by atoms with van der Waals surface area (Å²) < 4.78 is 6.56. The van der Waals surface area contributed by atoms with E-state index in [-0.39, 0.29) is 0 Å².